The zero-order chi connectivity index (χ0) is 14.7. The van der Waals surface area contributed by atoms with Crippen molar-refractivity contribution in [3.05, 3.63) is 57.0 Å². The zero-order valence-corrected chi connectivity index (χ0v) is 13.4. The summed E-state index contributed by atoms with van der Waals surface area (Å²) in [6.45, 7) is 1.98. The molecule has 0 aromatic heterocycles. The van der Waals surface area contributed by atoms with Crippen molar-refractivity contribution in [2.75, 3.05) is 12.4 Å². The van der Waals surface area contributed by atoms with Gasteiger partial charge in [0.1, 0.15) is 5.75 Å². The van der Waals surface area contributed by atoms with Crippen molar-refractivity contribution in [1.82, 2.24) is 0 Å². The van der Waals surface area contributed by atoms with Gasteiger partial charge in [-0.3, -0.25) is 4.79 Å². The molecule has 0 fully saturated rings. The zero-order valence-electron chi connectivity index (χ0n) is 11.0. The molecule has 5 heteroatoms. The third kappa shape index (κ3) is 3.32. The smallest absolute Gasteiger partial charge is 0.259 e. The molecule has 20 heavy (non-hydrogen) atoms. The molecule has 104 valence electrons. The van der Waals surface area contributed by atoms with E-state index in [4.69, 9.17) is 16.3 Å². The van der Waals surface area contributed by atoms with Gasteiger partial charge in [-0.05, 0) is 42.8 Å². The van der Waals surface area contributed by atoms with Gasteiger partial charge in [0.15, 0.2) is 0 Å². The highest BCUT2D eigenvalue weighted by atomic mass is 79.9. The van der Waals surface area contributed by atoms with Crippen LogP contribution >= 0.6 is 27.5 Å². The number of rotatable bonds is 3. The van der Waals surface area contributed by atoms with Crippen LogP contribution in [0.3, 0.4) is 0 Å². The van der Waals surface area contributed by atoms with Gasteiger partial charge in [0.25, 0.3) is 5.91 Å². The number of carbonyl (C=O) groups is 1. The average molecular weight is 355 g/mol. The van der Waals surface area contributed by atoms with E-state index in [2.05, 4.69) is 21.2 Å². The second-order valence-electron chi connectivity index (χ2n) is 4.26. The van der Waals surface area contributed by atoms with Crippen LogP contribution in [0, 0.1) is 6.92 Å². The Balaban J connectivity index is 2.27. The molecule has 0 radical (unpaired) electrons. The highest BCUT2D eigenvalue weighted by molar-refractivity contribution is 9.10. The fourth-order valence-electron chi connectivity index (χ4n) is 1.73. The summed E-state index contributed by atoms with van der Waals surface area (Å²) in [5.74, 6) is 0.221. The van der Waals surface area contributed by atoms with E-state index in [1.54, 1.807) is 18.2 Å². The molecular weight excluding hydrogens is 342 g/mol. The Hall–Kier alpha value is -1.52. The molecule has 0 aliphatic carbocycles. The van der Waals surface area contributed by atoms with Crippen molar-refractivity contribution in [1.29, 1.82) is 0 Å². The predicted molar refractivity (Wildman–Crippen MR) is 84.8 cm³/mol. The normalized spacial score (nSPS) is 10.2. The summed E-state index contributed by atoms with van der Waals surface area (Å²) in [5.41, 5.74) is 2.20. The Bertz CT molecular complexity index is 658. The quantitative estimate of drug-likeness (QED) is 0.869. The monoisotopic (exact) mass is 353 g/mol. The molecule has 0 saturated carbocycles. The van der Waals surface area contributed by atoms with Gasteiger partial charge >= 0.3 is 0 Å². The molecule has 0 heterocycles. The Labute approximate surface area is 131 Å². The molecule has 0 aliphatic heterocycles. The maximum absolute atomic E-state index is 12.3. The number of anilines is 1. The SMILES string of the molecule is COc1ccc(Cl)cc1C(=O)Nc1ccc(C)c(Br)c1. The van der Waals surface area contributed by atoms with Crippen LogP contribution in [0.25, 0.3) is 0 Å². The first-order chi connectivity index (χ1) is 9.51. The first-order valence-electron chi connectivity index (χ1n) is 5.92. The second-order valence-corrected chi connectivity index (χ2v) is 5.55. The lowest BCUT2D eigenvalue weighted by molar-refractivity contribution is 0.102. The highest BCUT2D eigenvalue weighted by Crippen LogP contribution is 2.25. The van der Waals surface area contributed by atoms with Gasteiger partial charge in [0.05, 0.1) is 12.7 Å². The van der Waals surface area contributed by atoms with Gasteiger partial charge in [-0.1, -0.05) is 33.6 Å². The van der Waals surface area contributed by atoms with Crippen molar-refractivity contribution in [2.45, 2.75) is 6.92 Å². The summed E-state index contributed by atoms with van der Waals surface area (Å²) in [6, 6.07) is 10.6. The molecule has 3 nitrogen and oxygen atoms in total. The van der Waals surface area contributed by atoms with Crippen LogP contribution in [0.4, 0.5) is 5.69 Å². The van der Waals surface area contributed by atoms with E-state index in [0.29, 0.717) is 22.0 Å². The maximum Gasteiger partial charge on any atom is 0.259 e. The summed E-state index contributed by atoms with van der Waals surface area (Å²) >= 11 is 9.36. The number of hydrogen-bond acceptors (Lipinski definition) is 2. The third-order valence-corrected chi connectivity index (χ3v) is 3.93. The first-order valence-corrected chi connectivity index (χ1v) is 7.09. The summed E-state index contributed by atoms with van der Waals surface area (Å²) < 4.78 is 6.11. The number of aryl methyl sites for hydroxylation is 1. The molecule has 0 unspecified atom stereocenters. The topological polar surface area (TPSA) is 38.3 Å². The van der Waals surface area contributed by atoms with Gasteiger partial charge in [-0.25, -0.2) is 0 Å². The standard InChI is InChI=1S/C15H13BrClNO2/c1-9-3-5-11(8-13(9)16)18-15(19)12-7-10(17)4-6-14(12)20-2/h3-8H,1-2H3,(H,18,19). The summed E-state index contributed by atoms with van der Waals surface area (Å²) in [7, 11) is 1.52. The highest BCUT2D eigenvalue weighted by Gasteiger charge is 2.13. The van der Waals surface area contributed by atoms with Crippen LogP contribution < -0.4 is 10.1 Å². The van der Waals surface area contributed by atoms with Crippen molar-refractivity contribution in [3.63, 3.8) is 0 Å². The number of benzene rings is 2. The Kier molecular flexibility index (Phi) is 4.68. The van der Waals surface area contributed by atoms with Crippen LogP contribution in [0.5, 0.6) is 5.75 Å². The number of ether oxygens (including phenoxy) is 1. The molecule has 1 N–H and O–H groups in total. The lowest BCUT2D eigenvalue weighted by Gasteiger charge is -2.10. The minimum Gasteiger partial charge on any atom is -0.496 e. The maximum atomic E-state index is 12.3. The number of halogens is 2. The Morgan fingerprint density at radius 3 is 2.65 bits per heavy atom. The molecular formula is C15H13BrClNO2. The third-order valence-electron chi connectivity index (χ3n) is 2.84. The van der Waals surface area contributed by atoms with Gasteiger partial charge in [0.2, 0.25) is 0 Å². The lowest BCUT2D eigenvalue weighted by atomic mass is 10.1. The van der Waals surface area contributed by atoms with E-state index >= 15 is 0 Å². The fraction of sp³-hybridized carbons (Fsp3) is 0.133. The molecule has 2 aromatic carbocycles. The minimum atomic E-state index is -0.264. The van der Waals surface area contributed by atoms with Crippen molar-refractivity contribution in [2.24, 2.45) is 0 Å². The van der Waals surface area contributed by atoms with Gasteiger partial charge in [-0.15, -0.1) is 0 Å². The minimum absolute atomic E-state index is 0.264. The Morgan fingerprint density at radius 2 is 2.00 bits per heavy atom. The number of hydrogen-bond donors (Lipinski definition) is 1. The van der Waals surface area contributed by atoms with Crippen molar-refractivity contribution < 1.29 is 9.53 Å². The molecule has 0 saturated heterocycles. The summed E-state index contributed by atoms with van der Waals surface area (Å²) in [6.07, 6.45) is 0. The number of methoxy groups -OCH3 is 1. The van der Waals surface area contributed by atoms with Crippen molar-refractivity contribution >= 4 is 39.1 Å². The van der Waals surface area contributed by atoms with Crippen LogP contribution in [0.15, 0.2) is 40.9 Å². The summed E-state index contributed by atoms with van der Waals surface area (Å²) in [4.78, 5) is 12.3. The molecule has 0 bridgehead atoms. The van der Waals surface area contributed by atoms with E-state index in [0.717, 1.165) is 10.0 Å². The molecule has 0 spiro atoms. The first kappa shape index (κ1) is 14.9. The average Bonchev–Trinajstić information content (AvgIpc) is 2.43. The van der Waals surface area contributed by atoms with Crippen LogP contribution in [0.2, 0.25) is 5.02 Å². The molecule has 1 amide bonds. The second kappa shape index (κ2) is 6.29. The van der Waals surface area contributed by atoms with E-state index in [1.807, 2.05) is 25.1 Å². The van der Waals surface area contributed by atoms with E-state index in [1.165, 1.54) is 7.11 Å². The number of amides is 1. The number of nitrogens with one attached hydrogen (secondary N) is 1. The fourth-order valence-corrected chi connectivity index (χ4v) is 2.28. The summed E-state index contributed by atoms with van der Waals surface area (Å²) in [5, 5.41) is 3.31. The van der Waals surface area contributed by atoms with E-state index in [9.17, 15) is 4.79 Å². The largest absolute Gasteiger partial charge is 0.496 e. The Morgan fingerprint density at radius 1 is 1.25 bits per heavy atom. The predicted octanol–water partition coefficient (Wildman–Crippen LogP) is 4.67. The van der Waals surface area contributed by atoms with Gasteiger partial charge in [-0.2, -0.15) is 0 Å². The number of carbonyl (C=O) groups excluding carboxylic acids is 1. The van der Waals surface area contributed by atoms with Crippen LogP contribution in [-0.2, 0) is 0 Å². The van der Waals surface area contributed by atoms with E-state index < -0.39 is 0 Å². The van der Waals surface area contributed by atoms with E-state index in [-0.39, 0.29) is 5.91 Å². The van der Waals surface area contributed by atoms with Crippen LogP contribution in [0.1, 0.15) is 15.9 Å². The molecule has 2 aromatic rings. The molecule has 0 aliphatic rings. The molecule has 0 atom stereocenters. The molecule has 2 rings (SSSR count). The van der Waals surface area contributed by atoms with Crippen molar-refractivity contribution in [3.8, 4) is 5.75 Å². The van der Waals surface area contributed by atoms with Crippen LogP contribution in [-0.4, -0.2) is 13.0 Å². The lowest BCUT2D eigenvalue weighted by Crippen LogP contribution is -2.13. The van der Waals surface area contributed by atoms with Gasteiger partial charge < -0.3 is 10.1 Å². The van der Waals surface area contributed by atoms with Gasteiger partial charge in [0, 0.05) is 15.2 Å².